The molecular weight excluding hydrogens is 200 g/mol. The van der Waals surface area contributed by atoms with E-state index in [1.54, 1.807) is 0 Å². The molecule has 86 valence electrons. The number of carbonyl (C=O) groups is 1. The fourth-order valence-electron chi connectivity index (χ4n) is 2.57. The minimum Gasteiger partial charge on any atom is -0.494 e. The van der Waals surface area contributed by atoms with Crippen LogP contribution in [0.1, 0.15) is 48.7 Å². The number of ether oxygens (including phenoxy) is 1. The van der Waals surface area contributed by atoms with Crippen LogP contribution in [-0.2, 0) is 5.41 Å². The van der Waals surface area contributed by atoms with Crippen molar-refractivity contribution in [1.29, 1.82) is 0 Å². The third-order valence-electron chi connectivity index (χ3n) is 3.23. The molecule has 0 bridgehead atoms. The molecule has 0 amide bonds. The SMILES string of the molecule is CCOc1ccc(C)c2c1C(C)(C)CC2=O. The molecule has 0 heterocycles. The van der Waals surface area contributed by atoms with E-state index in [2.05, 4.69) is 13.8 Å². The largest absolute Gasteiger partial charge is 0.494 e. The average Bonchev–Trinajstić information content (AvgIpc) is 2.43. The normalized spacial score (nSPS) is 17.4. The summed E-state index contributed by atoms with van der Waals surface area (Å²) in [6.07, 6.45) is 0.591. The first-order valence-electron chi connectivity index (χ1n) is 5.77. The fraction of sp³-hybridized carbons (Fsp3) is 0.500. The molecule has 0 spiro atoms. The lowest BCUT2D eigenvalue weighted by molar-refractivity contribution is 0.0979. The Morgan fingerprint density at radius 3 is 2.69 bits per heavy atom. The van der Waals surface area contributed by atoms with E-state index in [0.29, 0.717) is 13.0 Å². The van der Waals surface area contributed by atoms with E-state index in [1.807, 2.05) is 26.0 Å². The second-order valence-corrected chi connectivity index (χ2v) is 5.05. The average molecular weight is 218 g/mol. The molecule has 2 rings (SSSR count). The van der Waals surface area contributed by atoms with Gasteiger partial charge in [-0.25, -0.2) is 0 Å². The van der Waals surface area contributed by atoms with Crippen molar-refractivity contribution in [2.24, 2.45) is 0 Å². The van der Waals surface area contributed by atoms with Crippen molar-refractivity contribution in [2.75, 3.05) is 6.61 Å². The number of Topliss-reactive ketones (excluding diaryl/α,β-unsaturated/α-hetero) is 1. The molecule has 0 unspecified atom stereocenters. The van der Waals surface area contributed by atoms with Gasteiger partial charge in [-0.3, -0.25) is 4.79 Å². The number of benzene rings is 1. The highest BCUT2D eigenvalue weighted by atomic mass is 16.5. The van der Waals surface area contributed by atoms with Gasteiger partial charge in [-0.05, 0) is 25.5 Å². The molecule has 0 radical (unpaired) electrons. The molecule has 0 fully saturated rings. The Morgan fingerprint density at radius 1 is 1.38 bits per heavy atom. The summed E-state index contributed by atoms with van der Waals surface area (Å²) >= 11 is 0. The van der Waals surface area contributed by atoms with Crippen LogP contribution in [0, 0.1) is 6.92 Å². The van der Waals surface area contributed by atoms with Crippen molar-refractivity contribution in [2.45, 2.75) is 39.5 Å². The Hall–Kier alpha value is -1.31. The summed E-state index contributed by atoms with van der Waals surface area (Å²) in [5.41, 5.74) is 2.95. The summed E-state index contributed by atoms with van der Waals surface area (Å²) in [6, 6.07) is 3.96. The molecule has 1 aliphatic rings. The number of hydrogen-bond donors (Lipinski definition) is 0. The van der Waals surface area contributed by atoms with Crippen molar-refractivity contribution in [3.8, 4) is 5.75 Å². The minimum atomic E-state index is -0.0943. The first-order valence-corrected chi connectivity index (χ1v) is 5.77. The monoisotopic (exact) mass is 218 g/mol. The quantitative estimate of drug-likeness (QED) is 0.761. The Morgan fingerprint density at radius 2 is 2.06 bits per heavy atom. The second-order valence-electron chi connectivity index (χ2n) is 5.05. The zero-order valence-corrected chi connectivity index (χ0v) is 10.4. The molecule has 0 saturated carbocycles. The fourth-order valence-corrected chi connectivity index (χ4v) is 2.57. The molecule has 0 aliphatic heterocycles. The summed E-state index contributed by atoms with van der Waals surface area (Å²) in [4.78, 5) is 12.0. The first kappa shape index (κ1) is 11.2. The maximum absolute atomic E-state index is 12.0. The summed E-state index contributed by atoms with van der Waals surface area (Å²) in [6.45, 7) is 8.82. The molecule has 1 aromatic carbocycles. The van der Waals surface area contributed by atoms with Crippen molar-refractivity contribution < 1.29 is 9.53 Å². The molecule has 1 aliphatic carbocycles. The van der Waals surface area contributed by atoms with E-state index in [4.69, 9.17) is 4.74 Å². The first-order chi connectivity index (χ1) is 7.47. The van der Waals surface area contributed by atoms with Gasteiger partial charge in [0, 0.05) is 23.0 Å². The van der Waals surface area contributed by atoms with Crippen molar-refractivity contribution in [1.82, 2.24) is 0 Å². The zero-order chi connectivity index (χ0) is 11.9. The number of ketones is 1. The molecule has 0 saturated heterocycles. The summed E-state index contributed by atoms with van der Waals surface area (Å²) in [5.74, 6) is 1.12. The Labute approximate surface area is 96.6 Å². The summed E-state index contributed by atoms with van der Waals surface area (Å²) in [5, 5.41) is 0. The van der Waals surface area contributed by atoms with E-state index >= 15 is 0 Å². The molecule has 0 atom stereocenters. The van der Waals surface area contributed by atoms with E-state index in [-0.39, 0.29) is 11.2 Å². The highest BCUT2D eigenvalue weighted by molar-refractivity contribution is 6.04. The van der Waals surface area contributed by atoms with Crippen LogP contribution in [0.25, 0.3) is 0 Å². The van der Waals surface area contributed by atoms with Crippen LogP contribution in [0.3, 0.4) is 0 Å². The van der Waals surface area contributed by atoms with Gasteiger partial charge in [-0.1, -0.05) is 19.9 Å². The second kappa shape index (κ2) is 3.62. The Bertz CT molecular complexity index is 444. The number of fused-ring (bicyclic) bond motifs is 1. The standard InChI is InChI=1S/C14H18O2/c1-5-16-11-7-6-9(2)12-10(15)8-14(3,4)13(11)12/h6-7H,5,8H2,1-4H3. The van der Waals surface area contributed by atoms with Crippen LogP contribution < -0.4 is 4.74 Å². The number of hydrogen-bond acceptors (Lipinski definition) is 2. The van der Waals surface area contributed by atoms with Gasteiger partial charge >= 0.3 is 0 Å². The third kappa shape index (κ3) is 1.53. The topological polar surface area (TPSA) is 26.3 Å². The number of aryl methyl sites for hydroxylation is 1. The molecule has 1 aromatic rings. The predicted octanol–water partition coefficient (Wildman–Crippen LogP) is 3.26. The van der Waals surface area contributed by atoms with Gasteiger partial charge in [0.15, 0.2) is 5.78 Å². The van der Waals surface area contributed by atoms with Gasteiger partial charge in [0.2, 0.25) is 0 Å². The van der Waals surface area contributed by atoms with Gasteiger partial charge in [0.05, 0.1) is 6.61 Å². The maximum Gasteiger partial charge on any atom is 0.164 e. The minimum absolute atomic E-state index is 0.0943. The molecule has 2 nitrogen and oxygen atoms in total. The predicted molar refractivity (Wildman–Crippen MR) is 64.3 cm³/mol. The van der Waals surface area contributed by atoms with E-state index in [9.17, 15) is 4.79 Å². The molecule has 0 aromatic heterocycles. The molecule has 2 heteroatoms. The summed E-state index contributed by atoms with van der Waals surface area (Å²) in [7, 11) is 0. The lowest BCUT2D eigenvalue weighted by Crippen LogP contribution is -2.14. The van der Waals surface area contributed by atoms with E-state index < -0.39 is 0 Å². The number of rotatable bonds is 2. The van der Waals surface area contributed by atoms with Gasteiger partial charge in [-0.2, -0.15) is 0 Å². The van der Waals surface area contributed by atoms with E-state index in [1.165, 1.54) is 0 Å². The highest BCUT2D eigenvalue weighted by Gasteiger charge is 2.39. The zero-order valence-electron chi connectivity index (χ0n) is 10.4. The maximum atomic E-state index is 12.0. The smallest absolute Gasteiger partial charge is 0.164 e. The van der Waals surface area contributed by atoms with Gasteiger partial charge in [0.25, 0.3) is 0 Å². The van der Waals surface area contributed by atoms with Crippen LogP contribution in [0.15, 0.2) is 12.1 Å². The van der Waals surface area contributed by atoms with Crippen molar-refractivity contribution in [3.05, 3.63) is 28.8 Å². The van der Waals surface area contributed by atoms with Crippen LogP contribution in [0.2, 0.25) is 0 Å². The van der Waals surface area contributed by atoms with Crippen LogP contribution in [0.5, 0.6) is 5.75 Å². The molecular formula is C14H18O2. The number of carbonyl (C=O) groups excluding carboxylic acids is 1. The van der Waals surface area contributed by atoms with Crippen LogP contribution >= 0.6 is 0 Å². The highest BCUT2D eigenvalue weighted by Crippen LogP contribution is 2.44. The lowest BCUT2D eigenvalue weighted by Gasteiger charge is -2.21. The van der Waals surface area contributed by atoms with Crippen molar-refractivity contribution in [3.63, 3.8) is 0 Å². The Kier molecular flexibility index (Phi) is 2.53. The molecule has 16 heavy (non-hydrogen) atoms. The van der Waals surface area contributed by atoms with Gasteiger partial charge in [0.1, 0.15) is 5.75 Å². The Balaban J connectivity index is 2.67. The van der Waals surface area contributed by atoms with Crippen molar-refractivity contribution >= 4 is 5.78 Å². The summed E-state index contributed by atoms with van der Waals surface area (Å²) < 4.78 is 5.64. The van der Waals surface area contributed by atoms with E-state index in [0.717, 1.165) is 22.4 Å². The van der Waals surface area contributed by atoms with Gasteiger partial charge < -0.3 is 4.74 Å². The van der Waals surface area contributed by atoms with Crippen LogP contribution in [0.4, 0.5) is 0 Å². The third-order valence-corrected chi connectivity index (χ3v) is 3.23. The van der Waals surface area contributed by atoms with Gasteiger partial charge in [-0.15, -0.1) is 0 Å². The lowest BCUT2D eigenvalue weighted by atomic mass is 9.85. The molecule has 0 N–H and O–H groups in total. The van der Waals surface area contributed by atoms with Crippen LogP contribution in [-0.4, -0.2) is 12.4 Å².